The molecule has 0 bridgehead atoms. The van der Waals surface area contributed by atoms with E-state index in [1.54, 1.807) is 6.92 Å². The van der Waals surface area contributed by atoms with Crippen molar-refractivity contribution < 1.29 is 43.2 Å². The van der Waals surface area contributed by atoms with Crippen LogP contribution in [0.25, 0.3) is 0 Å². The molecule has 0 amide bonds. The van der Waals surface area contributed by atoms with Gasteiger partial charge >= 0.3 is 0 Å². The van der Waals surface area contributed by atoms with E-state index >= 15 is 0 Å². The molecule has 0 aromatic heterocycles. The highest BCUT2D eigenvalue weighted by Gasteiger charge is 2.33. The summed E-state index contributed by atoms with van der Waals surface area (Å²) < 4.78 is 0. The van der Waals surface area contributed by atoms with Crippen molar-refractivity contribution in [2.45, 2.75) is 330 Å². The van der Waals surface area contributed by atoms with Gasteiger partial charge < -0.3 is 59.7 Å². The molecule has 0 radical (unpaired) electrons. The van der Waals surface area contributed by atoms with Crippen LogP contribution in [0.1, 0.15) is 283 Å². The lowest BCUT2D eigenvalue weighted by Crippen LogP contribution is -2.45. The molecule has 0 aliphatic carbocycles. The van der Waals surface area contributed by atoms with Gasteiger partial charge in [0.05, 0.1) is 47.7 Å². The Balaban J connectivity index is 0. The Bertz CT molecular complexity index is 3280. The zero-order valence-electron chi connectivity index (χ0n) is 77.3. The van der Waals surface area contributed by atoms with Crippen LogP contribution in [0.5, 0.6) is 0 Å². The SMILES string of the molecule is C=C(N)NCCC[C@H](CC(=O)[C@@H](NC(C)C)C(C)C)C(=O)C(C)C.C=C(N)NCCC[C@H](CC(=O)[C@@H](NC(C)C)C(C)C)C(=O)C(C)C.C=C(N)NCCC[C@H](CC(=O)[C@H](Cc1ccccc1)NC(C)C)C(=O)C(C)C.CC(=O)c1ccc(CC(NC(C)C)C(=O)C(C)C)cc1.CC(C)NC(Cc1ccc(C(C)C)cc1)C(=O)C(C)C. The lowest BCUT2D eigenvalue weighted by atomic mass is 9.84. The number of carbonyl (C=O) groups excluding carboxylic acids is 9. The highest BCUT2D eigenvalue weighted by atomic mass is 16.2. The van der Waals surface area contributed by atoms with Gasteiger partial charge in [-0.15, -0.1) is 0 Å². The predicted molar refractivity (Wildman–Crippen MR) is 485 cm³/mol. The Hall–Kier alpha value is -7.49. The molecule has 116 heavy (non-hydrogen) atoms. The van der Waals surface area contributed by atoms with Crippen LogP contribution >= 0.6 is 0 Å². The first kappa shape index (κ1) is 111. The molecule has 0 aliphatic rings. The number of benzene rings is 3. The molecular weight excluding hydrogens is 1450 g/mol. The molecule has 20 heteroatoms. The molecular formula is C96H165N11O9. The highest BCUT2D eigenvalue weighted by molar-refractivity contribution is 5.95. The molecule has 0 heterocycles. The zero-order valence-corrected chi connectivity index (χ0v) is 77.3. The van der Waals surface area contributed by atoms with Gasteiger partial charge in [-0.1, -0.05) is 279 Å². The maximum Gasteiger partial charge on any atom is 0.159 e. The summed E-state index contributed by atoms with van der Waals surface area (Å²) in [5.74, 6) is 2.88. The van der Waals surface area contributed by atoms with Crippen LogP contribution in [-0.4, -0.2) is 132 Å². The second kappa shape index (κ2) is 60.1. The Morgan fingerprint density at radius 3 is 0.853 bits per heavy atom. The van der Waals surface area contributed by atoms with Gasteiger partial charge in [0.1, 0.15) is 17.3 Å². The summed E-state index contributed by atoms with van der Waals surface area (Å²) in [7, 11) is 0. The summed E-state index contributed by atoms with van der Waals surface area (Å²) >= 11 is 0. The summed E-state index contributed by atoms with van der Waals surface area (Å²) in [5, 5.41) is 25.7. The van der Waals surface area contributed by atoms with Gasteiger partial charge in [-0.3, -0.25) is 43.2 Å². The normalized spacial score (nSPS) is 13.5. The van der Waals surface area contributed by atoms with E-state index in [-0.39, 0.29) is 166 Å². The second-order valence-corrected chi connectivity index (χ2v) is 35.6. The number of nitrogens with one attached hydrogen (secondary N) is 8. The molecule has 2 unspecified atom stereocenters. The number of nitrogens with two attached hydrogens (primary N) is 3. The third kappa shape index (κ3) is 50.3. The van der Waals surface area contributed by atoms with Gasteiger partial charge in [-0.05, 0) is 105 Å². The first-order chi connectivity index (χ1) is 53.9. The number of carbonyl (C=O) groups is 9. The number of hydrogen-bond donors (Lipinski definition) is 11. The van der Waals surface area contributed by atoms with Crippen molar-refractivity contribution in [2.75, 3.05) is 19.6 Å². The average molecular weight is 1620 g/mol. The molecule has 0 aliphatic heterocycles. The van der Waals surface area contributed by atoms with Crippen LogP contribution in [0.15, 0.2) is 116 Å². The Kier molecular flexibility index (Phi) is 57.2. The van der Waals surface area contributed by atoms with Gasteiger partial charge in [0.15, 0.2) is 34.7 Å². The fourth-order valence-electron chi connectivity index (χ4n) is 13.4. The molecule has 20 nitrogen and oxygen atoms in total. The molecule has 658 valence electrons. The monoisotopic (exact) mass is 1620 g/mol. The van der Waals surface area contributed by atoms with E-state index in [1.807, 2.05) is 207 Å². The van der Waals surface area contributed by atoms with Gasteiger partial charge in [0.2, 0.25) is 0 Å². The average Bonchev–Trinajstić information content (AvgIpc) is 0.890. The predicted octanol–water partition coefficient (Wildman–Crippen LogP) is 15.4. The van der Waals surface area contributed by atoms with E-state index in [0.29, 0.717) is 105 Å². The van der Waals surface area contributed by atoms with Crippen molar-refractivity contribution >= 4 is 52.0 Å². The summed E-state index contributed by atoms with van der Waals surface area (Å²) in [6, 6.07) is 26.5. The van der Waals surface area contributed by atoms with E-state index in [4.69, 9.17) is 17.2 Å². The molecule has 0 spiro atoms. The van der Waals surface area contributed by atoms with Crippen LogP contribution < -0.4 is 59.7 Å². The number of ketones is 9. The minimum atomic E-state index is -0.285. The molecule has 0 fully saturated rings. The fourth-order valence-corrected chi connectivity index (χ4v) is 13.4. The van der Waals surface area contributed by atoms with Crippen LogP contribution in [0.3, 0.4) is 0 Å². The van der Waals surface area contributed by atoms with Crippen molar-refractivity contribution in [3.8, 4) is 0 Å². The van der Waals surface area contributed by atoms with Crippen LogP contribution in [0, 0.1) is 59.2 Å². The summed E-state index contributed by atoms with van der Waals surface area (Å²) in [4.78, 5) is 112. The third-order valence-corrected chi connectivity index (χ3v) is 19.5. The molecule has 3 rings (SSSR count). The minimum Gasteiger partial charge on any atom is -0.386 e. The van der Waals surface area contributed by atoms with Crippen LogP contribution in [0.4, 0.5) is 0 Å². The Morgan fingerprint density at radius 1 is 0.328 bits per heavy atom. The fraction of sp³-hybridized carbons (Fsp3) is 0.656. The van der Waals surface area contributed by atoms with Crippen LogP contribution in [-0.2, 0) is 57.6 Å². The summed E-state index contributed by atoms with van der Waals surface area (Å²) in [5.41, 5.74) is 22.0. The minimum absolute atomic E-state index is 0.0164. The first-order valence-corrected chi connectivity index (χ1v) is 43.3. The van der Waals surface area contributed by atoms with Crippen molar-refractivity contribution in [3.05, 3.63) is 144 Å². The number of rotatable bonds is 54. The van der Waals surface area contributed by atoms with E-state index in [9.17, 15) is 43.2 Å². The van der Waals surface area contributed by atoms with E-state index in [2.05, 4.69) is 114 Å². The van der Waals surface area contributed by atoms with Gasteiger partial charge in [0.25, 0.3) is 0 Å². The highest BCUT2D eigenvalue weighted by Crippen LogP contribution is 2.25. The summed E-state index contributed by atoms with van der Waals surface area (Å²) in [6.45, 7) is 66.5. The van der Waals surface area contributed by atoms with E-state index in [1.165, 1.54) is 11.1 Å². The first-order valence-electron chi connectivity index (χ1n) is 43.3. The zero-order chi connectivity index (χ0) is 89.4. The maximum atomic E-state index is 13.1. The lowest BCUT2D eigenvalue weighted by molar-refractivity contribution is -0.131. The molecule has 8 atom stereocenters. The van der Waals surface area contributed by atoms with Crippen molar-refractivity contribution in [1.29, 1.82) is 0 Å². The topological polar surface area (TPSA) is 328 Å². The third-order valence-electron chi connectivity index (χ3n) is 19.5. The molecule has 0 saturated carbocycles. The Labute approximate surface area is 704 Å². The van der Waals surface area contributed by atoms with Gasteiger partial charge in [0, 0.05) is 122 Å². The lowest BCUT2D eigenvalue weighted by Gasteiger charge is -2.26. The van der Waals surface area contributed by atoms with Gasteiger partial charge in [-0.25, -0.2) is 0 Å². The molecule has 3 aromatic rings. The number of Topliss-reactive ketones (excluding diaryl/α,β-unsaturated/α-hetero) is 9. The van der Waals surface area contributed by atoms with Crippen LogP contribution in [0.2, 0.25) is 0 Å². The van der Waals surface area contributed by atoms with E-state index < -0.39 is 0 Å². The van der Waals surface area contributed by atoms with E-state index in [0.717, 1.165) is 36.8 Å². The second-order valence-electron chi connectivity index (χ2n) is 35.6. The molecule has 3 aromatic carbocycles. The van der Waals surface area contributed by atoms with Crippen molar-refractivity contribution in [2.24, 2.45) is 76.4 Å². The van der Waals surface area contributed by atoms with Crippen molar-refractivity contribution in [3.63, 3.8) is 0 Å². The molecule has 14 N–H and O–H groups in total. The standard InChI is InChI=1S/C23H37N3O2.2C19H37N3O2.C18H29NO.C17H25NO2/c1-16(2)23(28)20(12-9-13-25-18(5)24)15-22(27)21(26-17(3)4)14-19-10-7-6-8-11-19;2*1-12(2)18(22-14(5)6)17(23)11-16(19(24)13(3)4)9-8-10-21-15(7)20;1-12(2)16-9-7-15(8-10-16)11-17(19-14(5)6)18(20)13(3)4;1-11(2)17(20)16(18-12(3)4)10-14-6-8-15(9-7-14)13(5)19/h6-8,10-11,16-17,20-21,25-26H,5,9,12-15,24H2,1-4H3;2*12-14,16,18,21-22H,7-11,20H2,1-6H3;7-10,12-14,17,19H,11H2,1-6H3;6-9,11-12,16,18H,10H2,1-5H3/t20-,21+;2*16-,18+;;/m111../s1. The Morgan fingerprint density at radius 2 is 0.595 bits per heavy atom. The number of hydrogen-bond acceptors (Lipinski definition) is 20. The quantitative estimate of drug-likeness (QED) is 0.0185. The van der Waals surface area contributed by atoms with Gasteiger partial charge in [-0.2, -0.15) is 0 Å². The summed E-state index contributed by atoms with van der Waals surface area (Å²) in [6.07, 6.45) is 7.36. The molecule has 0 saturated heterocycles. The maximum absolute atomic E-state index is 13.1. The smallest absolute Gasteiger partial charge is 0.159 e. The largest absolute Gasteiger partial charge is 0.386 e. The van der Waals surface area contributed by atoms with Crippen molar-refractivity contribution in [1.82, 2.24) is 42.5 Å².